The first kappa shape index (κ1) is 15.1. The van der Waals surface area contributed by atoms with Gasteiger partial charge in [0.15, 0.2) is 0 Å². The Kier molecular flexibility index (Phi) is 4.22. The fourth-order valence-electron chi connectivity index (χ4n) is 2.03. The van der Waals surface area contributed by atoms with E-state index in [1.807, 2.05) is 0 Å². The van der Waals surface area contributed by atoms with Crippen molar-refractivity contribution in [1.29, 1.82) is 0 Å². The van der Waals surface area contributed by atoms with Crippen molar-refractivity contribution < 1.29 is 22.5 Å². The minimum atomic E-state index is 0. The maximum atomic E-state index is 10.1. The van der Waals surface area contributed by atoms with Crippen molar-refractivity contribution in [1.82, 2.24) is 9.97 Å². The molecule has 20 heavy (non-hydrogen) atoms. The van der Waals surface area contributed by atoms with E-state index in [-0.39, 0.29) is 18.2 Å². The third-order valence-corrected chi connectivity index (χ3v) is 3.95. The summed E-state index contributed by atoms with van der Waals surface area (Å²) in [4.78, 5) is 10.2. The van der Waals surface area contributed by atoms with Gasteiger partial charge in [-0.05, 0) is 33.0 Å². The molecule has 0 aliphatic carbocycles. The highest BCUT2D eigenvalue weighted by Crippen LogP contribution is 2.39. The summed E-state index contributed by atoms with van der Waals surface area (Å²) >= 11 is 6.67. The maximum absolute atomic E-state index is 10.1. The van der Waals surface area contributed by atoms with Crippen LogP contribution in [-0.4, -0.2) is 15.1 Å². The molecule has 5 N–H and O–H groups in total. The molecule has 5 nitrogen and oxygen atoms in total. The molecule has 0 fully saturated rings. The zero-order chi connectivity index (χ0) is 13.6. The Labute approximate surface area is 137 Å². The van der Waals surface area contributed by atoms with E-state index < -0.39 is 0 Å². The van der Waals surface area contributed by atoms with Gasteiger partial charge in [-0.15, -0.1) is 0 Å². The van der Waals surface area contributed by atoms with Crippen molar-refractivity contribution in [3.05, 3.63) is 33.7 Å². The first-order valence-electron chi connectivity index (χ1n) is 5.40. The summed E-state index contributed by atoms with van der Waals surface area (Å²) in [6.07, 6.45) is 3.54. The number of nitrogens with zero attached hydrogens (tertiary/aromatic N) is 1. The van der Waals surface area contributed by atoms with Gasteiger partial charge >= 0.3 is 4.73 Å². The van der Waals surface area contributed by atoms with Crippen LogP contribution < -0.4 is 23.1 Å². The molecular weight excluding hydrogens is 411 g/mol. The molecule has 0 aliphatic heterocycles. The molecular formula is C12H9Br2ClN4O. The van der Waals surface area contributed by atoms with Crippen LogP contribution in [0.5, 0.6) is 5.75 Å². The molecule has 0 saturated carbocycles. The number of rotatable bonds is 1. The summed E-state index contributed by atoms with van der Waals surface area (Å²) in [5.74, 6) is 0.572. The summed E-state index contributed by atoms with van der Waals surface area (Å²) in [7, 11) is 0. The highest BCUT2D eigenvalue weighted by Gasteiger charge is 2.18. The van der Waals surface area contributed by atoms with E-state index >= 15 is 0 Å². The standard InChI is InChI=1S/C12H8Br2N4O.ClH/c13-7-1-2-8(19)9-5(3-16-10(7)9)6-4-17-12(14)18-11(6)15;/h1-4,16,19H,(H2,15,17,18);1H. The first-order valence-corrected chi connectivity index (χ1v) is 6.99. The number of phenols is 1. The summed E-state index contributed by atoms with van der Waals surface area (Å²) in [5.41, 5.74) is 8.26. The van der Waals surface area contributed by atoms with Crippen LogP contribution in [0.3, 0.4) is 0 Å². The van der Waals surface area contributed by atoms with Crippen molar-refractivity contribution >= 4 is 48.6 Å². The SMILES string of the molecule is Nc1nc(Br)[nH+]cc1-c1c[nH]c2c(Br)ccc(O)c12.[Cl-]. The number of nitrogens with one attached hydrogen (secondary N) is 2. The number of nitrogen functional groups attached to an aromatic ring is 1. The Bertz CT molecular complexity index is 790. The molecule has 0 saturated heterocycles. The number of fused-ring (bicyclic) bond motifs is 1. The molecule has 104 valence electrons. The van der Waals surface area contributed by atoms with Crippen LogP contribution in [0.4, 0.5) is 5.82 Å². The number of H-pyrrole nitrogens is 2. The number of hydrogen-bond acceptors (Lipinski definition) is 3. The fraction of sp³-hybridized carbons (Fsp3) is 0. The van der Waals surface area contributed by atoms with Crippen LogP contribution in [0.1, 0.15) is 0 Å². The molecule has 0 amide bonds. The molecule has 3 aromatic rings. The van der Waals surface area contributed by atoms with E-state index in [1.54, 1.807) is 24.5 Å². The fourth-order valence-corrected chi connectivity index (χ4v) is 2.78. The molecule has 0 unspecified atom stereocenters. The van der Waals surface area contributed by atoms with Gasteiger partial charge in [-0.1, -0.05) is 0 Å². The monoisotopic (exact) mass is 418 g/mol. The zero-order valence-electron chi connectivity index (χ0n) is 9.92. The number of benzene rings is 1. The van der Waals surface area contributed by atoms with E-state index in [9.17, 15) is 5.11 Å². The van der Waals surface area contributed by atoms with E-state index in [0.717, 1.165) is 21.1 Å². The largest absolute Gasteiger partial charge is 1.00 e. The van der Waals surface area contributed by atoms with Gasteiger partial charge in [0.1, 0.15) is 11.9 Å². The van der Waals surface area contributed by atoms with Crippen LogP contribution >= 0.6 is 31.9 Å². The van der Waals surface area contributed by atoms with Gasteiger partial charge in [-0.3, -0.25) is 0 Å². The summed E-state index contributed by atoms with van der Waals surface area (Å²) in [6.45, 7) is 0. The van der Waals surface area contributed by atoms with Crippen LogP contribution in [0.25, 0.3) is 22.0 Å². The number of aromatic amines is 2. The number of nitrogens with two attached hydrogens (primary N) is 1. The second-order valence-corrected chi connectivity index (χ2v) is 5.61. The Morgan fingerprint density at radius 3 is 2.70 bits per heavy atom. The Morgan fingerprint density at radius 1 is 1.25 bits per heavy atom. The van der Waals surface area contributed by atoms with Crippen molar-refractivity contribution in [2.45, 2.75) is 0 Å². The molecule has 0 radical (unpaired) electrons. The molecule has 1 aromatic carbocycles. The topological polar surface area (TPSA) is 89.1 Å². The molecule has 0 atom stereocenters. The van der Waals surface area contributed by atoms with Crippen LogP contribution in [0.15, 0.2) is 33.7 Å². The maximum Gasteiger partial charge on any atom is 0.366 e. The van der Waals surface area contributed by atoms with Crippen molar-refractivity contribution in [3.63, 3.8) is 0 Å². The normalized spacial score (nSPS) is 10.5. The van der Waals surface area contributed by atoms with Crippen molar-refractivity contribution in [2.24, 2.45) is 0 Å². The highest BCUT2D eigenvalue weighted by molar-refractivity contribution is 9.10. The van der Waals surface area contributed by atoms with Crippen molar-refractivity contribution in [3.8, 4) is 16.9 Å². The van der Waals surface area contributed by atoms with Gasteiger partial charge in [0, 0.05) is 16.2 Å². The van der Waals surface area contributed by atoms with Gasteiger partial charge in [-0.2, -0.15) is 0 Å². The lowest BCUT2D eigenvalue weighted by atomic mass is 10.1. The third-order valence-electron chi connectivity index (χ3n) is 2.88. The van der Waals surface area contributed by atoms with Crippen LogP contribution in [-0.2, 0) is 0 Å². The first-order chi connectivity index (χ1) is 9.08. The minimum Gasteiger partial charge on any atom is -1.00 e. The smallest absolute Gasteiger partial charge is 0.366 e. The zero-order valence-corrected chi connectivity index (χ0v) is 13.8. The molecule has 0 spiro atoms. The number of phenolic OH excluding ortho intramolecular Hbond substituents is 1. The van der Waals surface area contributed by atoms with Crippen LogP contribution in [0, 0.1) is 0 Å². The number of hydrogen-bond donors (Lipinski definition) is 3. The molecule has 8 heteroatoms. The summed E-state index contributed by atoms with van der Waals surface area (Å²) in [6, 6.07) is 3.42. The van der Waals surface area contributed by atoms with Crippen LogP contribution in [0.2, 0.25) is 0 Å². The molecule has 0 bridgehead atoms. The third kappa shape index (κ3) is 2.36. The number of aromatic nitrogens is 3. The Balaban J connectivity index is 0.00000147. The van der Waals surface area contributed by atoms with Gasteiger partial charge in [0.2, 0.25) is 0 Å². The molecule has 3 rings (SSSR count). The van der Waals surface area contributed by atoms with Gasteiger partial charge < -0.3 is 28.2 Å². The van der Waals surface area contributed by atoms with E-state index in [0.29, 0.717) is 15.9 Å². The lowest BCUT2D eigenvalue weighted by Gasteiger charge is -2.02. The van der Waals surface area contributed by atoms with Gasteiger partial charge in [0.05, 0.1) is 32.4 Å². The number of aromatic hydroxyl groups is 1. The predicted octanol–water partition coefficient (Wildman–Crippen LogP) is -0.139. The lowest BCUT2D eigenvalue weighted by Crippen LogP contribution is -3.00. The van der Waals surface area contributed by atoms with Gasteiger partial charge in [0.25, 0.3) is 5.82 Å². The number of anilines is 1. The van der Waals surface area contributed by atoms with E-state index in [2.05, 4.69) is 46.8 Å². The Morgan fingerprint density at radius 2 is 2.00 bits per heavy atom. The molecule has 2 aromatic heterocycles. The average Bonchev–Trinajstić information content (AvgIpc) is 2.80. The molecule has 2 heterocycles. The van der Waals surface area contributed by atoms with E-state index in [1.165, 1.54) is 0 Å². The molecule has 0 aliphatic rings. The number of halogens is 3. The second kappa shape index (κ2) is 5.59. The van der Waals surface area contributed by atoms with Crippen molar-refractivity contribution in [2.75, 3.05) is 5.73 Å². The average molecular weight is 420 g/mol. The highest BCUT2D eigenvalue weighted by atomic mass is 79.9. The summed E-state index contributed by atoms with van der Waals surface area (Å²) in [5, 5.41) is 10.8. The minimum absolute atomic E-state index is 0. The second-order valence-electron chi connectivity index (χ2n) is 4.01. The van der Waals surface area contributed by atoms with E-state index in [4.69, 9.17) is 5.73 Å². The predicted molar refractivity (Wildman–Crippen MR) is 79.6 cm³/mol. The lowest BCUT2D eigenvalue weighted by molar-refractivity contribution is -0.396. The summed E-state index contributed by atoms with van der Waals surface area (Å²) < 4.78 is 1.43. The quantitative estimate of drug-likeness (QED) is 0.479. The van der Waals surface area contributed by atoms with Gasteiger partial charge in [-0.25, -0.2) is 4.98 Å². The Hall–Kier alpha value is -1.31.